The van der Waals surface area contributed by atoms with Gasteiger partial charge >= 0.3 is 0 Å². The van der Waals surface area contributed by atoms with Gasteiger partial charge < -0.3 is 0 Å². The number of nitriles is 2. The van der Waals surface area contributed by atoms with Crippen molar-refractivity contribution >= 4 is 0 Å². The zero-order valence-corrected chi connectivity index (χ0v) is 4.92. The van der Waals surface area contributed by atoms with E-state index in [0.717, 1.165) is 12.2 Å². The number of allylic oxidation sites excluding steroid dienone is 2. The van der Waals surface area contributed by atoms with Crippen LogP contribution in [0.2, 0.25) is 0 Å². The normalized spacial score (nSPS) is 6.00. The van der Waals surface area contributed by atoms with Crippen LogP contribution in [0, 0.1) is 22.7 Å². The third kappa shape index (κ3) is 10.8. The molecule has 0 aliphatic heterocycles. The largest absolute Gasteiger partial charge is 0.193 e. The summed E-state index contributed by atoms with van der Waals surface area (Å²) in [5, 5.41) is 15.4. The van der Waals surface area contributed by atoms with Gasteiger partial charge in [0.1, 0.15) is 0 Å². The van der Waals surface area contributed by atoms with E-state index >= 15 is 0 Å². The molecule has 0 unspecified atom stereocenters. The smallest absolute Gasteiger partial charge is 0.0919 e. The van der Waals surface area contributed by atoms with E-state index in [1.165, 1.54) is 0 Å². The summed E-state index contributed by atoms with van der Waals surface area (Å²) in [4.78, 5) is 0. The van der Waals surface area contributed by atoms with E-state index in [9.17, 15) is 0 Å². The van der Waals surface area contributed by atoms with Gasteiger partial charge in [-0.1, -0.05) is 0 Å². The first-order valence-electron chi connectivity index (χ1n) is 1.36. The van der Waals surface area contributed by atoms with Gasteiger partial charge in [0, 0.05) is 32.6 Å². The second kappa shape index (κ2) is 9.04. The first-order chi connectivity index (χ1) is 2.91. The summed E-state index contributed by atoms with van der Waals surface area (Å²) in [6, 6.07) is 3.33. The number of hydrogen-bond donors (Lipinski definition) is 0. The second-order valence-electron chi connectivity index (χ2n) is 0.592. The molecule has 3 heteroatoms. The molecule has 0 bridgehead atoms. The van der Waals surface area contributed by atoms with E-state index < -0.39 is 0 Å². The molecule has 0 heterocycles. The molecule has 38 valence electrons. The van der Waals surface area contributed by atoms with Gasteiger partial charge in [-0.05, 0) is 0 Å². The van der Waals surface area contributed by atoms with E-state index in [1.807, 2.05) is 0 Å². The number of hydrogen-bond acceptors (Lipinski definition) is 2. The van der Waals surface area contributed by atoms with Gasteiger partial charge in [0.05, 0.1) is 12.1 Å². The Balaban J connectivity index is 0. The minimum absolute atomic E-state index is 0. The zero-order valence-electron chi connectivity index (χ0n) is 3.37. The molecular formula is C4H2N2Pd. The predicted octanol–water partition coefficient (Wildman–Crippen LogP) is 0.587. The maximum Gasteiger partial charge on any atom is 0.0919 e. The first-order valence-corrected chi connectivity index (χ1v) is 1.36. The molecule has 0 aromatic heterocycles. The molecule has 7 heavy (non-hydrogen) atoms. The SMILES string of the molecule is N#C/C=C/C#N.[Pd]. The van der Waals surface area contributed by atoms with E-state index in [1.54, 1.807) is 12.1 Å². The maximum absolute atomic E-state index is 7.71. The Bertz CT molecular complexity index is 110. The van der Waals surface area contributed by atoms with Crippen molar-refractivity contribution in [1.82, 2.24) is 0 Å². The van der Waals surface area contributed by atoms with Gasteiger partial charge in [-0.2, -0.15) is 10.5 Å². The molecule has 0 spiro atoms. The summed E-state index contributed by atoms with van der Waals surface area (Å²) in [6.07, 6.45) is 2.25. The van der Waals surface area contributed by atoms with Gasteiger partial charge in [0.2, 0.25) is 0 Å². The van der Waals surface area contributed by atoms with Crippen molar-refractivity contribution in [3.05, 3.63) is 12.2 Å². The van der Waals surface area contributed by atoms with Crippen molar-refractivity contribution < 1.29 is 20.4 Å². The summed E-state index contributed by atoms with van der Waals surface area (Å²) in [5.41, 5.74) is 0. The standard InChI is InChI=1S/C4H2N2.Pd/c5-3-1-2-4-6;/h1-2H;/b2-1+;. The van der Waals surface area contributed by atoms with Crippen molar-refractivity contribution in [2.75, 3.05) is 0 Å². The zero-order chi connectivity index (χ0) is 4.83. The second-order valence-corrected chi connectivity index (χ2v) is 0.592. The molecular weight excluding hydrogens is 182 g/mol. The molecule has 0 amide bonds. The maximum atomic E-state index is 7.71. The van der Waals surface area contributed by atoms with Crippen molar-refractivity contribution in [3.8, 4) is 12.1 Å². The van der Waals surface area contributed by atoms with Crippen molar-refractivity contribution in [2.24, 2.45) is 0 Å². The minimum atomic E-state index is 0. The Morgan fingerprint density at radius 2 is 1.29 bits per heavy atom. The minimum Gasteiger partial charge on any atom is -0.193 e. The van der Waals surface area contributed by atoms with Gasteiger partial charge in [-0.3, -0.25) is 0 Å². The van der Waals surface area contributed by atoms with Gasteiger partial charge in [0.15, 0.2) is 0 Å². The topological polar surface area (TPSA) is 47.6 Å². The molecule has 0 rings (SSSR count). The van der Waals surface area contributed by atoms with Crippen LogP contribution in [0.3, 0.4) is 0 Å². The Kier molecular flexibility index (Phi) is 12.4. The van der Waals surface area contributed by atoms with Crippen molar-refractivity contribution in [3.63, 3.8) is 0 Å². The fourth-order valence-electron chi connectivity index (χ4n) is 0.0745. The Hall–Kier alpha value is -0.618. The quantitative estimate of drug-likeness (QED) is 0.409. The van der Waals surface area contributed by atoms with Gasteiger partial charge in [-0.15, -0.1) is 0 Å². The molecule has 2 nitrogen and oxygen atoms in total. The molecule has 0 N–H and O–H groups in total. The summed E-state index contributed by atoms with van der Waals surface area (Å²) < 4.78 is 0. The molecule has 0 fully saturated rings. The molecule has 0 aromatic rings. The summed E-state index contributed by atoms with van der Waals surface area (Å²) in [7, 11) is 0. The molecule has 0 aliphatic carbocycles. The third-order valence-electron chi connectivity index (χ3n) is 0.232. The fraction of sp³-hybridized carbons (Fsp3) is 0. The fourth-order valence-corrected chi connectivity index (χ4v) is 0.0745. The molecule has 0 saturated heterocycles. The molecule has 0 aromatic carbocycles. The predicted molar refractivity (Wildman–Crippen MR) is 20.4 cm³/mol. The van der Waals surface area contributed by atoms with Gasteiger partial charge in [0.25, 0.3) is 0 Å². The first kappa shape index (κ1) is 9.63. The Morgan fingerprint density at radius 1 is 1.00 bits per heavy atom. The Morgan fingerprint density at radius 3 is 1.43 bits per heavy atom. The van der Waals surface area contributed by atoms with E-state index in [0.29, 0.717) is 0 Å². The van der Waals surface area contributed by atoms with Crippen LogP contribution in [0.15, 0.2) is 12.2 Å². The molecule has 0 saturated carbocycles. The van der Waals surface area contributed by atoms with Crippen LogP contribution < -0.4 is 0 Å². The van der Waals surface area contributed by atoms with Gasteiger partial charge in [-0.25, -0.2) is 0 Å². The van der Waals surface area contributed by atoms with Crippen molar-refractivity contribution in [1.29, 1.82) is 10.5 Å². The average molecular weight is 184 g/mol. The van der Waals surface area contributed by atoms with E-state index in [-0.39, 0.29) is 20.4 Å². The van der Waals surface area contributed by atoms with Crippen LogP contribution in [0.4, 0.5) is 0 Å². The van der Waals surface area contributed by atoms with Crippen LogP contribution in [-0.2, 0) is 20.4 Å². The van der Waals surface area contributed by atoms with Crippen LogP contribution in [0.1, 0.15) is 0 Å². The molecule has 0 aliphatic rings. The monoisotopic (exact) mass is 184 g/mol. The summed E-state index contributed by atoms with van der Waals surface area (Å²) in [6.45, 7) is 0. The van der Waals surface area contributed by atoms with Crippen LogP contribution in [-0.4, -0.2) is 0 Å². The van der Waals surface area contributed by atoms with Crippen LogP contribution >= 0.6 is 0 Å². The number of rotatable bonds is 0. The Labute approximate surface area is 55.7 Å². The molecule has 0 atom stereocenters. The third-order valence-corrected chi connectivity index (χ3v) is 0.232. The van der Waals surface area contributed by atoms with Crippen molar-refractivity contribution in [2.45, 2.75) is 0 Å². The average Bonchev–Trinajstić information content (AvgIpc) is 1.61. The summed E-state index contributed by atoms with van der Waals surface area (Å²) >= 11 is 0. The molecule has 0 radical (unpaired) electrons. The number of nitrogens with zero attached hydrogens (tertiary/aromatic N) is 2. The van der Waals surface area contributed by atoms with E-state index in [4.69, 9.17) is 10.5 Å². The van der Waals surface area contributed by atoms with Crippen LogP contribution in [0.5, 0.6) is 0 Å². The van der Waals surface area contributed by atoms with Crippen LogP contribution in [0.25, 0.3) is 0 Å². The summed E-state index contributed by atoms with van der Waals surface area (Å²) in [5.74, 6) is 0. The van der Waals surface area contributed by atoms with E-state index in [2.05, 4.69) is 0 Å².